The van der Waals surface area contributed by atoms with E-state index < -0.39 is 0 Å². The molecule has 2 aliphatic heterocycles. The van der Waals surface area contributed by atoms with Crippen molar-refractivity contribution in [1.82, 2.24) is 15.1 Å². The number of urea groups is 1. The number of carbonyl (C=O) groups is 1. The highest BCUT2D eigenvalue weighted by molar-refractivity contribution is 5.77. The molecular weight excluding hydrogens is 206 g/mol. The van der Waals surface area contributed by atoms with Crippen molar-refractivity contribution in [2.45, 2.75) is 18.9 Å². The Morgan fingerprint density at radius 1 is 1.50 bits per heavy atom. The number of nitrogens with zero attached hydrogens (tertiary/aromatic N) is 2. The molecule has 2 amide bonds. The van der Waals surface area contributed by atoms with Gasteiger partial charge >= 0.3 is 6.03 Å². The molecule has 92 valence electrons. The first kappa shape index (κ1) is 11.7. The van der Waals surface area contributed by atoms with Crippen molar-refractivity contribution < 1.29 is 9.53 Å². The molecule has 0 spiro atoms. The van der Waals surface area contributed by atoms with Crippen molar-refractivity contribution in [3.8, 4) is 0 Å². The number of methoxy groups -OCH3 is 1. The summed E-state index contributed by atoms with van der Waals surface area (Å²) in [4.78, 5) is 16.0. The highest BCUT2D eigenvalue weighted by Crippen LogP contribution is 2.17. The molecule has 0 aromatic carbocycles. The normalized spacial score (nSPS) is 25.1. The van der Waals surface area contributed by atoms with Crippen LogP contribution in [0.3, 0.4) is 0 Å². The molecule has 1 atom stereocenters. The quantitative estimate of drug-likeness (QED) is 0.679. The largest absolute Gasteiger partial charge is 0.385 e. The van der Waals surface area contributed by atoms with Crippen molar-refractivity contribution in [2.75, 3.05) is 46.4 Å². The molecule has 0 bridgehead atoms. The highest BCUT2D eigenvalue weighted by Gasteiger charge is 2.37. The van der Waals surface area contributed by atoms with E-state index in [1.807, 2.05) is 9.80 Å². The van der Waals surface area contributed by atoms with Crippen LogP contribution in [-0.2, 0) is 4.74 Å². The molecule has 0 aromatic heterocycles. The first-order valence-electron chi connectivity index (χ1n) is 6.08. The first-order chi connectivity index (χ1) is 7.83. The Morgan fingerprint density at radius 3 is 3.12 bits per heavy atom. The van der Waals surface area contributed by atoms with Crippen LogP contribution in [0.1, 0.15) is 12.8 Å². The van der Waals surface area contributed by atoms with Gasteiger partial charge in [0.1, 0.15) is 0 Å². The van der Waals surface area contributed by atoms with Crippen LogP contribution in [0, 0.1) is 0 Å². The number of amides is 2. The van der Waals surface area contributed by atoms with Crippen molar-refractivity contribution in [3.63, 3.8) is 0 Å². The summed E-state index contributed by atoms with van der Waals surface area (Å²) in [6.45, 7) is 5.28. The number of unbranched alkanes of at least 4 members (excludes halogenated alkanes) is 1. The number of hydrogen-bond acceptors (Lipinski definition) is 3. The number of nitrogens with one attached hydrogen (secondary N) is 1. The van der Waals surface area contributed by atoms with E-state index in [4.69, 9.17) is 4.74 Å². The topological polar surface area (TPSA) is 44.8 Å². The van der Waals surface area contributed by atoms with E-state index in [9.17, 15) is 4.79 Å². The number of carbonyl (C=O) groups excluding carboxylic acids is 1. The van der Waals surface area contributed by atoms with Gasteiger partial charge in [-0.3, -0.25) is 0 Å². The van der Waals surface area contributed by atoms with Gasteiger partial charge in [-0.15, -0.1) is 0 Å². The minimum Gasteiger partial charge on any atom is -0.385 e. The Labute approximate surface area is 96.7 Å². The molecule has 2 aliphatic rings. The second-order valence-corrected chi connectivity index (χ2v) is 4.48. The molecule has 2 heterocycles. The van der Waals surface area contributed by atoms with Gasteiger partial charge in [0.05, 0.1) is 6.04 Å². The molecule has 0 aliphatic carbocycles. The predicted molar refractivity (Wildman–Crippen MR) is 61.4 cm³/mol. The van der Waals surface area contributed by atoms with Gasteiger partial charge in [0.25, 0.3) is 0 Å². The summed E-state index contributed by atoms with van der Waals surface area (Å²) in [5, 5.41) is 3.33. The zero-order chi connectivity index (χ0) is 11.4. The lowest BCUT2D eigenvalue weighted by molar-refractivity contribution is 0.174. The highest BCUT2D eigenvalue weighted by atomic mass is 16.5. The van der Waals surface area contributed by atoms with E-state index in [0.29, 0.717) is 6.04 Å². The zero-order valence-corrected chi connectivity index (χ0v) is 9.95. The zero-order valence-electron chi connectivity index (χ0n) is 9.95. The van der Waals surface area contributed by atoms with Gasteiger partial charge in [-0.1, -0.05) is 0 Å². The Hall–Kier alpha value is -0.810. The van der Waals surface area contributed by atoms with Gasteiger partial charge in [0.15, 0.2) is 0 Å². The van der Waals surface area contributed by atoms with Gasteiger partial charge in [0, 0.05) is 46.4 Å². The summed E-state index contributed by atoms with van der Waals surface area (Å²) in [6.07, 6.45) is 2.07. The molecule has 0 aromatic rings. The summed E-state index contributed by atoms with van der Waals surface area (Å²) in [6, 6.07) is 0.618. The second kappa shape index (κ2) is 5.50. The molecule has 2 rings (SSSR count). The fraction of sp³-hybridized carbons (Fsp3) is 0.909. The van der Waals surface area contributed by atoms with Crippen LogP contribution in [0.4, 0.5) is 4.79 Å². The molecule has 1 unspecified atom stereocenters. The molecule has 0 radical (unpaired) electrons. The lowest BCUT2D eigenvalue weighted by Gasteiger charge is -2.28. The summed E-state index contributed by atoms with van der Waals surface area (Å²) < 4.78 is 5.00. The maximum Gasteiger partial charge on any atom is 0.320 e. The van der Waals surface area contributed by atoms with Crippen LogP contribution in [0.25, 0.3) is 0 Å². The third kappa shape index (κ3) is 2.47. The van der Waals surface area contributed by atoms with Crippen LogP contribution in [0.15, 0.2) is 0 Å². The Balaban J connectivity index is 1.76. The smallest absolute Gasteiger partial charge is 0.320 e. The van der Waals surface area contributed by atoms with Crippen LogP contribution < -0.4 is 5.32 Å². The van der Waals surface area contributed by atoms with Crippen LogP contribution in [0.2, 0.25) is 0 Å². The first-order valence-corrected chi connectivity index (χ1v) is 6.08. The Kier molecular flexibility index (Phi) is 4.01. The van der Waals surface area contributed by atoms with Gasteiger partial charge in [-0.25, -0.2) is 4.79 Å². The van der Waals surface area contributed by atoms with E-state index >= 15 is 0 Å². The summed E-state index contributed by atoms with van der Waals surface area (Å²) >= 11 is 0. The molecule has 2 fully saturated rings. The maximum atomic E-state index is 12.0. The molecule has 2 saturated heterocycles. The fourth-order valence-corrected chi connectivity index (χ4v) is 2.43. The molecule has 16 heavy (non-hydrogen) atoms. The Morgan fingerprint density at radius 2 is 2.38 bits per heavy atom. The summed E-state index contributed by atoms with van der Waals surface area (Å²) in [5.41, 5.74) is 0. The van der Waals surface area contributed by atoms with Crippen LogP contribution >= 0.6 is 0 Å². The number of ether oxygens (including phenoxy) is 1. The number of rotatable bonds is 5. The molecule has 0 saturated carbocycles. The lowest BCUT2D eigenvalue weighted by atomic mass is 10.2. The van der Waals surface area contributed by atoms with Gasteiger partial charge < -0.3 is 19.9 Å². The third-order valence-corrected chi connectivity index (χ3v) is 3.32. The third-order valence-electron chi connectivity index (χ3n) is 3.32. The van der Waals surface area contributed by atoms with Crippen molar-refractivity contribution >= 4 is 6.03 Å². The predicted octanol–water partition coefficient (Wildman–Crippen LogP) is 0.122. The fourth-order valence-electron chi connectivity index (χ4n) is 2.43. The standard InChI is InChI=1S/C11H21N3O2/c1-16-7-3-2-5-13-9-10-8-12-4-6-14(10)11(13)15/h10,12H,2-9H2,1H3. The van der Waals surface area contributed by atoms with Crippen LogP contribution in [0.5, 0.6) is 0 Å². The number of hydrogen-bond donors (Lipinski definition) is 1. The minimum atomic E-state index is 0.226. The second-order valence-electron chi connectivity index (χ2n) is 4.48. The van der Waals surface area contributed by atoms with Crippen molar-refractivity contribution in [2.24, 2.45) is 0 Å². The monoisotopic (exact) mass is 227 g/mol. The average molecular weight is 227 g/mol. The Bertz CT molecular complexity index is 247. The summed E-state index contributed by atoms with van der Waals surface area (Å²) in [7, 11) is 1.72. The molecule has 5 heteroatoms. The molecular formula is C11H21N3O2. The van der Waals surface area contributed by atoms with E-state index in [-0.39, 0.29) is 6.03 Å². The van der Waals surface area contributed by atoms with E-state index in [1.165, 1.54) is 0 Å². The molecule has 5 nitrogen and oxygen atoms in total. The minimum absolute atomic E-state index is 0.226. The van der Waals surface area contributed by atoms with Crippen molar-refractivity contribution in [1.29, 1.82) is 0 Å². The van der Waals surface area contributed by atoms with E-state index in [0.717, 1.165) is 52.2 Å². The lowest BCUT2D eigenvalue weighted by Crippen LogP contribution is -2.49. The number of piperazine rings is 1. The van der Waals surface area contributed by atoms with Gasteiger partial charge in [-0.2, -0.15) is 0 Å². The van der Waals surface area contributed by atoms with Gasteiger partial charge in [0.2, 0.25) is 0 Å². The average Bonchev–Trinajstić information content (AvgIpc) is 2.63. The van der Waals surface area contributed by atoms with E-state index in [1.54, 1.807) is 7.11 Å². The van der Waals surface area contributed by atoms with Gasteiger partial charge in [-0.05, 0) is 12.8 Å². The van der Waals surface area contributed by atoms with Crippen LogP contribution in [-0.4, -0.2) is 68.3 Å². The summed E-state index contributed by atoms with van der Waals surface area (Å²) in [5.74, 6) is 0. The SMILES string of the molecule is COCCCCN1CC2CNCCN2C1=O. The van der Waals surface area contributed by atoms with E-state index in [2.05, 4.69) is 5.32 Å². The number of fused-ring (bicyclic) bond motifs is 1. The molecule has 1 N–H and O–H groups in total. The van der Waals surface area contributed by atoms with Crippen molar-refractivity contribution in [3.05, 3.63) is 0 Å². The maximum absolute atomic E-state index is 12.0.